The molecule has 0 atom stereocenters. The zero-order chi connectivity index (χ0) is 17.9. The smallest absolute Gasteiger partial charge is 0.366 e. The number of alkyl halides is 3. The average Bonchev–Trinajstić information content (AvgIpc) is 3.06. The van der Waals surface area contributed by atoms with Gasteiger partial charge < -0.3 is 5.32 Å². The topological polar surface area (TPSA) is 55.6 Å². The largest absolute Gasteiger partial charge is 0.416 e. The van der Waals surface area contributed by atoms with Gasteiger partial charge in [-0.3, -0.25) is 4.68 Å². The fourth-order valence-electron chi connectivity index (χ4n) is 2.34. The number of rotatable bonds is 5. The monoisotopic (exact) mass is 367 g/mol. The van der Waals surface area contributed by atoms with E-state index in [0.29, 0.717) is 11.4 Å². The molecule has 2 aromatic heterocycles. The lowest BCUT2D eigenvalue weighted by Gasteiger charge is -2.15. The Balaban J connectivity index is 1.82. The van der Waals surface area contributed by atoms with Gasteiger partial charge >= 0.3 is 6.18 Å². The second-order valence-electron chi connectivity index (χ2n) is 5.27. The Morgan fingerprint density at radius 3 is 2.68 bits per heavy atom. The number of hydrogen-bond donors (Lipinski definition) is 1. The number of aromatic nitrogens is 4. The van der Waals surface area contributed by atoms with Crippen molar-refractivity contribution in [2.24, 2.45) is 0 Å². The summed E-state index contributed by atoms with van der Waals surface area (Å²) >= 11 is 5.74. The lowest BCUT2D eigenvalue weighted by Crippen LogP contribution is -2.13. The van der Waals surface area contributed by atoms with Crippen LogP contribution in [0.5, 0.6) is 0 Å². The van der Waals surface area contributed by atoms with E-state index in [-0.39, 0.29) is 23.8 Å². The molecule has 25 heavy (non-hydrogen) atoms. The molecule has 0 aliphatic carbocycles. The molecule has 0 unspecified atom stereocenters. The number of halogens is 4. The Kier molecular flexibility index (Phi) is 4.89. The summed E-state index contributed by atoms with van der Waals surface area (Å²) in [5.41, 5.74) is -0.0545. The molecular formula is C16H13ClF3N5. The van der Waals surface area contributed by atoms with Crippen molar-refractivity contribution in [2.75, 3.05) is 5.32 Å². The zero-order valence-electron chi connectivity index (χ0n) is 12.8. The molecule has 0 spiro atoms. The minimum atomic E-state index is -4.46. The van der Waals surface area contributed by atoms with Crippen LogP contribution in [0.2, 0.25) is 5.15 Å². The molecule has 0 radical (unpaired) electrons. The van der Waals surface area contributed by atoms with E-state index < -0.39 is 11.7 Å². The second kappa shape index (κ2) is 7.10. The van der Waals surface area contributed by atoms with Crippen molar-refractivity contribution in [3.05, 3.63) is 70.9 Å². The van der Waals surface area contributed by atoms with E-state index in [9.17, 15) is 13.2 Å². The SMILES string of the molecule is FC(F)(F)c1cc(Cn2cccn2)ccc1CNc1cc(Cl)ncn1. The van der Waals surface area contributed by atoms with Gasteiger partial charge in [-0.15, -0.1) is 0 Å². The quantitative estimate of drug-likeness (QED) is 0.692. The summed E-state index contributed by atoms with van der Waals surface area (Å²) in [6, 6.07) is 7.42. The number of benzene rings is 1. The van der Waals surface area contributed by atoms with Gasteiger partial charge in [-0.25, -0.2) is 9.97 Å². The fraction of sp³-hybridized carbons (Fsp3) is 0.188. The molecule has 2 heterocycles. The van der Waals surface area contributed by atoms with Gasteiger partial charge in [-0.05, 0) is 23.3 Å². The van der Waals surface area contributed by atoms with E-state index >= 15 is 0 Å². The van der Waals surface area contributed by atoms with Gasteiger partial charge in [-0.2, -0.15) is 18.3 Å². The van der Waals surface area contributed by atoms with Crippen molar-refractivity contribution in [1.29, 1.82) is 0 Å². The first-order chi connectivity index (χ1) is 11.9. The predicted octanol–water partition coefficient (Wildman–Crippen LogP) is 4.01. The van der Waals surface area contributed by atoms with Crippen molar-refractivity contribution >= 4 is 17.4 Å². The molecular weight excluding hydrogens is 355 g/mol. The molecule has 1 N–H and O–H groups in total. The van der Waals surface area contributed by atoms with Gasteiger partial charge in [0.2, 0.25) is 0 Å². The Labute approximate surface area is 146 Å². The number of nitrogens with one attached hydrogen (secondary N) is 1. The lowest BCUT2D eigenvalue weighted by molar-refractivity contribution is -0.138. The van der Waals surface area contributed by atoms with Gasteiger partial charge in [0.25, 0.3) is 0 Å². The van der Waals surface area contributed by atoms with Gasteiger partial charge in [0.1, 0.15) is 17.3 Å². The van der Waals surface area contributed by atoms with E-state index in [1.54, 1.807) is 29.2 Å². The van der Waals surface area contributed by atoms with Crippen LogP contribution in [-0.4, -0.2) is 19.7 Å². The highest BCUT2D eigenvalue weighted by Crippen LogP contribution is 2.33. The summed E-state index contributed by atoms with van der Waals surface area (Å²) in [5.74, 6) is 0.355. The van der Waals surface area contributed by atoms with E-state index in [2.05, 4.69) is 20.4 Å². The third-order valence-electron chi connectivity index (χ3n) is 3.48. The molecule has 1 aromatic carbocycles. The predicted molar refractivity (Wildman–Crippen MR) is 87.1 cm³/mol. The standard InChI is InChI=1S/C16H13ClF3N5/c17-14-7-15(23-10-22-14)21-8-12-3-2-11(6-13(12)16(18,19)20)9-25-5-1-4-24-25/h1-7,10H,8-9H2,(H,21,22,23). The molecule has 5 nitrogen and oxygen atoms in total. The van der Waals surface area contributed by atoms with E-state index in [4.69, 9.17) is 11.6 Å². The van der Waals surface area contributed by atoms with Crippen LogP contribution in [0.25, 0.3) is 0 Å². The van der Waals surface area contributed by atoms with Crippen LogP contribution in [0, 0.1) is 0 Å². The minimum Gasteiger partial charge on any atom is -0.366 e. The van der Waals surface area contributed by atoms with Crippen molar-refractivity contribution in [3.8, 4) is 0 Å². The molecule has 0 saturated carbocycles. The minimum absolute atomic E-state index is 0.0375. The molecule has 0 aliphatic rings. The molecule has 0 amide bonds. The highest BCUT2D eigenvalue weighted by Gasteiger charge is 2.33. The fourth-order valence-corrected chi connectivity index (χ4v) is 2.48. The van der Waals surface area contributed by atoms with E-state index in [1.165, 1.54) is 18.5 Å². The van der Waals surface area contributed by atoms with Crippen LogP contribution in [-0.2, 0) is 19.3 Å². The van der Waals surface area contributed by atoms with Crippen LogP contribution in [0.3, 0.4) is 0 Å². The van der Waals surface area contributed by atoms with Gasteiger partial charge in [-0.1, -0.05) is 23.7 Å². The van der Waals surface area contributed by atoms with Crippen molar-refractivity contribution in [3.63, 3.8) is 0 Å². The normalized spacial score (nSPS) is 11.5. The number of anilines is 1. The summed E-state index contributed by atoms with van der Waals surface area (Å²) in [7, 11) is 0. The molecule has 3 aromatic rings. The number of hydrogen-bond acceptors (Lipinski definition) is 4. The van der Waals surface area contributed by atoms with Crippen LogP contribution in [0.15, 0.2) is 49.1 Å². The first-order valence-electron chi connectivity index (χ1n) is 7.29. The molecule has 0 bridgehead atoms. The van der Waals surface area contributed by atoms with Gasteiger partial charge in [0.05, 0.1) is 12.1 Å². The van der Waals surface area contributed by atoms with Gasteiger partial charge in [0, 0.05) is 25.0 Å². The van der Waals surface area contributed by atoms with Crippen LogP contribution in [0.4, 0.5) is 19.0 Å². The Morgan fingerprint density at radius 1 is 1.16 bits per heavy atom. The highest BCUT2D eigenvalue weighted by atomic mass is 35.5. The van der Waals surface area contributed by atoms with E-state index in [0.717, 1.165) is 6.07 Å². The van der Waals surface area contributed by atoms with Gasteiger partial charge in [0.15, 0.2) is 0 Å². The maximum atomic E-state index is 13.4. The third-order valence-corrected chi connectivity index (χ3v) is 3.68. The molecule has 0 fully saturated rings. The first-order valence-corrected chi connectivity index (χ1v) is 7.67. The maximum Gasteiger partial charge on any atom is 0.416 e. The molecule has 9 heteroatoms. The summed E-state index contributed by atoms with van der Waals surface area (Å²) in [5, 5.41) is 7.04. The molecule has 130 valence electrons. The summed E-state index contributed by atoms with van der Waals surface area (Å²) < 4.78 is 41.8. The van der Waals surface area contributed by atoms with Crippen LogP contribution >= 0.6 is 11.6 Å². The number of nitrogens with zero attached hydrogens (tertiary/aromatic N) is 4. The zero-order valence-corrected chi connectivity index (χ0v) is 13.6. The third kappa shape index (κ3) is 4.48. The van der Waals surface area contributed by atoms with Crippen LogP contribution < -0.4 is 5.32 Å². The highest BCUT2D eigenvalue weighted by molar-refractivity contribution is 6.29. The molecule has 0 saturated heterocycles. The Bertz CT molecular complexity index is 849. The van der Waals surface area contributed by atoms with Crippen molar-refractivity contribution < 1.29 is 13.2 Å². The molecule has 0 aliphatic heterocycles. The summed E-state index contributed by atoms with van der Waals surface area (Å²) in [6.07, 6.45) is 0.0559. The second-order valence-corrected chi connectivity index (χ2v) is 5.66. The lowest BCUT2D eigenvalue weighted by atomic mass is 10.0. The first kappa shape index (κ1) is 17.2. The Morgan fingerprint density at radius 2 is 2.00 bits per heavy atom. The van der Waals surface area contributed by atoms with Crippen molar-refractivity contribution in [1.82, 2.24) is 19.7 Å². The van der Waals surface area contributed by atoms with Crippen molar-refractivity contribution in [2.45, 2.75) is 19.3 Å². The molecule has 3 rings (SSSR count). The maximum absolute atomic E-state index is 13.4. The average molecular weight is 368 g/mol. The Hall–Kier alpha value is -2.61. The van der Waals surface area contributed by atoms with Crippen LogP contribution in [0.1, 0.15) is 16.7 Å². The summed E-state index contributed by atoms with van der Waals surface area (Å²) in [6.45, 7) is 0.232. The summed E-state index contributed by atoms with van der Waals surface area (Å²) in [4.78, 5) is 7.64. The van der Waals surface area contributed by atoms with E-state index in [1.807, 2.05) is 0 Å².